The maximum atomic E-state index is 12.3. The minimum atomic E-state index is -0.172. The van der Waals surface area contributed by atoms with Gasteiger partial charge in [0.25, 0.3) is 5.56 Å². The average molecular weight is 365 g/mol. The second-order valence-electron chi connectivity index (χ2n) is 6.69. The molecule has 0 fully saturated rings. The van der Waals surface area contributed by atoms with Crippen LogP contribution in [0, 0.1) is 0 Å². The topological polar surface area (TPSA) is 81.3 Å². The molecule has 0 atom stereocenters. The van der Waals surface area contributed by atoms with Gasteiger partial charge in [0.15, 0.2) is 0 Å². The Hall–Kier alpha value is -3.19. The molecule has 0 saturated heterocycles. The summed E-state index contributed by atoms with van der Waals surface area (Å²) in [5.41, 5.74) is 2.29. The Kier molecular flexibility index (Phi) is 5.52. The van der Waals surface area contributed by atoms with E-state index < -0.39 is 0 Å². The Balaban J connectivity index is 1.61. The van der Waals surface area contributed by atoms with Crippen molar-refractivity contribution in [1.29, 1.82) is 0 Å². The zero-order valence-electron chi connectivity index (χ0n) is 15.7. The minimum Gasteiger partial charge on any atom is -0.378 e. The standard InChI is InChI=1S/C20H23N5O2/c1-24(2)15-10-8-14(9-11-15)21-19(26)13-25(3)12-18-22-17-7-5-4-6-16(17)20(27)23-18/h4-11H,12-13H2,1-3H3,(H,21,26)(H,22,23,27). The number of nitrogens with one attached hydrogen (secondary N) is 2. The van der Waals surface area contributed by atoms with E-state index in [1.807, 2.05) is 56.4 Å². The van der Waals surface area contributed by atoms with Crippen molar-refractivity contribution in [3.63, 3.8) is 0 Å². The molecule has 7 nitrogen and oxygen atoms in total. The first kappa shape index (κ1) is 18.6. The van der Waals surface area contributed by atoms with Crippen molar-refractivity contribution in [2.24, 2.45) is 0 Å². The summed E-state index contributed by atoms with van der Waals surface area (Å²) in [6.45, 7) is 0.555. The number of carbonyl (C=O) groups excluding carboxylic acids is 1. The molecule has 0 aliphatic carbocycles. The number of anilines is 2. The Morgan fingerprint density at radius 3 is 2.48 bits per heavy atom. The fourth-order valence-corrected chi connectivity index (χ4v) is 2.81. The van der Waals surface area contributed by atoms with E-state index in [1.165, 1.54) is 0 Å². The van der Waals surface area contributed by atoms with Crippen molar-refractivity contribution in [2.75, 3.05) is 37.9 Å². The van der Waals surface area contributed by atoms with E-state index in [1.54, 1.807) is 23.1 Å². The van der Waals surface area contributed by atoms with Crippen LogP contribution >= 0.6 is 0 Å². The maximum Gasteiger partial charge on any atom is 0.258 e. The molecule has 0 saturated carbocycles. The van der Waals surface area contributed by atoms with E-state index >= 15 is 0 Å². The molecule has 1 aromatic heterocycles. The second kappa shape index (κ2) is 8.01. The number of rotatable bonds is 6. The molecule has 2 N–H and O–H groups in total. The fourth-order valence-electron chi connectivity index (χ4n) is 2.81. The summed E-state index contributed by atoms with van der Waals surface area (Å²) in [7, 11) is 5.74. The average Bonchev–Trinajstić information content (AvgIpc) is 2.62. The number of amides is 1. The van der Waals surface area contributed by atoms with Crippen molar-refractivity contribution in [2.45, 2.75) is 6.54 Å². The lowest BCUT2D eigenvalue weighted by atomic mass is 10.2. The molecule has 27 heavy (non-hydrogen) atoms. The summed E-state index contributed by atoms with van der Waals surface area (Å²) in [5, 5.41) is 3.43. The first-order valence-corrected chi connectivity index (χ1v) is 8.66. The number of likely N-dealkylation sites (N-methyl/N-ethyl adjacent to an activating group) is 1. The molecule has 0 aliphatic rings. The summed E-state index contributed by atoms with van der Waals surface area (Å²) >= 11 is 0. The van der Waals surface area contributed by atoms with Gasteiger partial charge >= 0.3 is 0 Å². The highest BCUT2D eigenvalue weighted by molar-refractivity contribution is 5.92. The number of carbonyl (C=O) groups is 1. The number of hydrogen-bond donors (Lipinski definition) is 2. The van der Waals surface area contributed by atoms with Gasteiger partial charge in [-0.25, -0.2) is 4.98 Å². The molecular weight excluding hydrogens is 342 g/mol. The first-order chi connectivity index (χ1) is 12.9. The summed E-state index contributed by atoms with van der Waals surface area (Å²) in [5.74, 6) is 0.405. The van der Waals surface area contributed by atoms with Gasteiger partial charge in [0.1, 0.15) is 5.82 Å². The Bertz CT molecular complexity index is 995. The number of H-pyrrole nitrogens is 1. The third kappa shape index (κ3) is 4.71. The zero-order valence-corrected chi connectivity index (χ0v) is 15.7. The van der Waals surface area contributed by atoms with Crippen LogP contribution in [0.4, 0.5) is 11.4 Å². The third-order valence-electron chi connectivity index (χ3n) is 4.16. The quantitative estimate of drug-likeness (QED) is 0.699. The summed E-state index contributed by atoms with van der Waals surface area (Å²) < 4.78 is 0. The molecule has 3 aromatic rings. The van der Waals surface area contributed by atoms with E-state index in [4.69, 9.17) is 0 Å². The van der Waals surface area contributed by atoms with Crippen LogP contribution in [0.3, 0.4) is 0 Å². The summed E-state index contributed by atoms with van der Waals surface area (Å²) in [6.07, 6.45) is 0. The van der Waals surface area contributed by atoms with Crippen LogP contribution in [0.25, 0.3) is 10.9 Å². The summed E-state index contributed by atoms with van der Waals surface area (Å²) in [4.78, 5) is 35.4. The van der Waals surface area contributed by atoms with Gasteiger partial charge in [0.2, 0.25) is 5.91 Å². The molecule has 7 heteroatoms. The van der Waals surface area contributed by atoms with Crippen LogP contribution in [-0.4, -0.2) is 48.5 Å². The van der Waals surface area contributed by atoms with Gasteiger partial charge in [-0.05, 0) is 43.4 Å². The molecule has 0 bridgehead atoms. The number of fused-ring (bicyclic) bond motifs is 1. The Morgan fingerprint density at radius 1 is 1.07 bits per heavy atom. The molecular formula is C20H23N5O2. The van der Waals surface area contributed by atoms with E-state index in [0.717, 1.165) is 11.4 Å². The van der Waals surface area contributed by atoms with Crippen LogP contribution in [0.1, 0.15) is 5.82 Å². The highest BCUT2D eigenvalue weighted by Crippen LogP contribution is 2.15. The number of hydrogen-bond acceptors (Lipinski definition) is 5. The maximum absolute atomic E-state index is 12.3. The highest BCUT2D eigenvalue weighted by Gasteiger charge is 2.10. The molecule has 2 aromatic carbocycles. The monoisotopic (exact) mass is 365 g/mol. The number of para-hydroxylation sites is 1. The minimum absolute atomic E-state index is 0.127. The van der Waals surface area contributed by atoms with Crippen LogP contribution in [0.2, 0.25) is 0 Å². The van der Waals surface area contributed by atoms with Gasteiger partial charge in [-0.3, -0.25) is 14.5 Å². The lowest BCUT2D eigenvalue weighted by molar-refractivity contribution is -0.117. The van der Waals surface area contributed by atoms with Gasteiger partial charge in [-0.15, -0.1) is 0 Å². The Labute approximate surface area is 157 Å². The van der Waals surface area contributed by atoms with Crippen molar-refractivity contribution in [3.05, 3.63) is 64.7 Å². The molecule has 1 amide bonds. The lowest BCUT2D eigenvalue weighted by Gasteiger charge is -2.16. The van der Waals surface area contributed by atoms with E-state index in [9.17, 15) is 9.59 Å². The SMILES string of the molecule is CN(CC(=O)Nc1ccc(N(C)C)cc1)Cc1nc2ccccc2c(=O)[nH]1. The van der Waals surface area contributed by atoms with Crippen molar-refractivity contribution in [3.8, 4) is 0 Å². The van der Waals surface area contributed by atoms with Crippen LogP contribution in [0.15, 0.2) is 53.3 Å². The van der Waals surface area contributed by atoms with E-state index in [-0.39, 0.29) is 18.0 Å². The zero-order chi connectivity index (χ0) is 19.4. The number of benzene rings is 2. The van der Waals surface area contributed by atoms with Crippen LogP contribution in [0.5, 0.6) is 0 Å². The van der Waals surface area contributed by atoms with Crippen LogP contribution in [-0.2, 0) is 11.3 Å². The number of aromatic amines is 1. The van der Waals surface area contributed by atoms with Gasteiger partial charge in [0, 0.05) is 25.5 Å². The fraction of sp³-hybridized carbons (Fsp3) is 0.250. The van der Waals surface area contributed by atoms with Crippen molar-refractivity contribution >= 4 is 28.2 Å². The predicted octanol–water partition coefficient (Wildman–Crippen LogP) is 2.06. The second-order valence-corrected chi connectivity index (χ2v) is 6.69. The van der Waals surface area contributed by atoms with Crippen molar-refractivity contribution in [1.82, 2.24) is 14.9 Å². The van der Waals surface area contributed by atoms with Crippen molar-refractivity contribution < 1.29 is 4.79 Å². The number of aromatic nitrogens is 2. The smallest absolute Gasteiger partial charge is 0.258 e. The molecule has 0 radical (unpaired) electrons. The summed E-state index contributed by atoms with van der Waals surface area (Å²) in [6, 6.07) is 14.8. The highest BCUT2D eigenvalue weighted by atomic mass is 16.2. The molecule has 0 aliphatic heterocycles. The first-order valence-electron chi connectivity index (χ1n) is 8.66. The van der Waals surface area contributed by atoms with E-state index in [2.05, 4.69) is 15.3 Å². The third-order valence-corrected chi connectivity index (χ3v) is 4.16. The normalized spacial score (nSPS) is 11.0. The van der Waals surface area contributed by atoms with E-state index in [0.29, 0.717) is 23.3 Å². The molecule has 3 rings (SSSR count). The van der Waals surface area contributed by atoms with Gasteiger partial charge in [-0.2, -0.15) is 0 Å². The Morgan fingerprint density at radius 2 is 1.78 bits per heavy atom. The molecule has 140 valence electrons. The van der Waals surface area contributed by atoms with Gasteiger partial charge < -0.3 is 15.2 Å². The van der Waals surface area contributed by atoms with Gasteiger partial charge in [0.05, 0.1) is 24.0 Å². The molecule has 1 heterocycles. The van der Waals surface area contributed by atoms with Gasteiger partial charge in [-0.1, -0.05) is 12.1 Å². The lowest BCUT2D eigenvalue weighted by Crippen LogP contribution is -2.31. The molecule has 0 spiro atoms. The predicted molar refractivity (Wildman–Crippen MR) is 108 cm³/mol. The molecule has 0 unspecified atom stereocenters. The number of nitrogens with zero attached hydrogens (tertiary/aromatic N) is 3. The largest absolute Gasteiger partial charge is 0.378 e. The van der Waals surface area contributed by atoms with Crippen LogP contribution < -0.4 is 15.8 Å².